The molecule has 2 aromatic rings. The summed E-state index contributed by atoms with van der Waals surface area (Å²) in [7, 11) is 1.57. The number of ether oxygens (including phenoxy) is 1. The number of nitro benzene ring substituents is 1. The SMILES string of the molecule is COc1c(I)cc([N+](=O)[O-])cc1-c1ccccc1. The predicted octanol–water partition coefficient (Wildman–Crippen LogP) is 3.88. The van der Waals surface area contributed by atoms with Gasteiger partial charge in [0.05, 0.1) is 15.6 Å². The van der Waals surface area contributed by atoms with E-state index < -0.39 is 4.92 Å². The van der Waals surface area contributed by atoms with E-state index >= 15 is 0 Å². The molecule has 0 heterocycles. The van der Waals surface area contributed by atoms with Gasteiger partial charge in [0.1, 0.15) is 5.75 Å². The van der Waals surface area contributed by atoms with Gasteiger partial charge in [-0.15, -0.1) is 0 Å². The maximum absolute atomic E-state index is 10.9. The van der Waals surface area contributed by atoms with Crippen LogP contribution >= 0.6 is 22.6 Å². The van der Waals surface area contributed by atoms with E-state index in [1.807, 2.05) is 52.9 Å². The third-order valence-electron chi connectivity index (χ3n) is 2.53. The molecule has 2 aromatic carbocycles. The summed E-state index contributed by atoms with van der Waals surface area (Å²) in [5.74, 6) is 0.660. The van der Waals surface area contributed by atoms with Gasteiger partial charge in [0.15, 0.2) is 0 Å². The molecular weight excluding hydrogens is 345 g/mol. The van der Waals surface area contributed by atoms with E-state index in [0.717, 1.165) is 14.7 Å². The number of nitro groups is 1. The van der Waals surface area contributed by atoms with Crippen LogP contribution in [0, 0.1) is 13.7 Å². The van der Waals surface area contributed by atoms with Crippen molar-refractivity contribution in [3.05, 3.63) is 56.1 Å². The Labute approximate surface area is 118 Å². The van der Waals surface area contributed by atoms with Crippen molar-refractivity contribution in [3.63, 3.8) is 0 Å². The van der Waals surface area contributed by atoms with Crippen LogP contribution in [0.2, 0.25) is 0 Å². The Morgan fingerprint density at radius 3 is 2.44 bits per heavy atom. The minimum absolute atomic E-state index is 0.0686. The van der Waals surface area contributed by atoms with E-state index in [9.17, 15) is 10.1 Å². The summed E-state index contributed by atoms with van der Waals surface area (Å²) in [5, 5.41) is 10.9. The van der Waals surface area contributed by atoms with Crippen LogP contribution in [0.25, 0.3) is 11.1 Å². The molecule has 0 saturated heterocycles. The molecule has 0 aliphatic carbocycles. The van der Waals surface area contributed by atoms with Crippen molar-refractivity contribution in [3.8, 4) is 16.9 Å². The third-order valence-corrected chi connectivity index (χ3v) is 3.33. The summed E-state index contributed by atoms with van der Waals surface area (Å²) in [4.78, 5) is 10.5. The van der Waals surface area contributed by atoms with Crippen molar-refractivity contribution in [2.45, 2.75) is 0 Å². The largest absolute Gasteiger partial charge is 0.495 e. The summed E-state index contributed by atoms with van der Waals surface area (Å²) in [6.07, 6.45) is 0. The first-order valence-electron chi connectivity index (χ1n) is 5.21. The molecule has 0 fully saturated rings. The van der Waals surface area contributed by atoms with Crippen LogP contribution in [0.15, 0.2) is 42.5 Å². The Morgan fingerprint density at radius 1 is 1.22 bits per heavy atom. The third kappa shape index (κ3) is 2.45. The van der Waals surface area contributed by atoms with Crippen molar-refractivity contribution in [2.75, 3.05) is 7.11 Å². The molecule has 0 spiro atoms. The maximum atomic E-state index is 10.9. The number of methoxy groups -OCH3 is 1. The first-order chi connectivity index (χ1) is 8.63. The highest BCUT2D eigenvalue weighted by atomic mass is 127. The van der Waals surface area contributed by atoms with Crippen LogP contribution in [0.4, 0.5) is 5.69 Å². The minimum atomic E-state index is -0.395. The number of hydrogen-bond acceptors (Lipinski definition) is 3. The second-order valence-corrected chi connectivity index (χ2v) is 4.79. The average molecular weight is 355 g/mol. The highest BCUT2D eigenvalue weighted by Crippen LogP contribution is 2.37. The molecule has 5 heteroatoms. The van der Waals surface area contributed by atoms with Crippen molar-refractivity contribution in [1.29, 1.82) is 0 Å². The van der Waals surface area contributed by atoms with Gasteiger partial charge in [0.2, 0.25) is 0 Å². The first-order valence-corrected chi connectivity index (χ1v) is 6.28. The monoisotopic (exact) mass is 355 g/mol. The summed E-state index contributed by atoms with van der Waals surface area (Å²) in [5.41, 5.74) is 1.70. The van der Waals surface area contributed by atoms with Crippen LogP contribution in [0.5, 0.6) is 5.75 Å². The van der Waals surface area contributed by atoms with Gasteiger partial charge in [0.25, 0.3) is 5.69 Å². The minimum Gasteiger partial charge on any atom is -0.495 e. The number of benzene rings is 2. The van der Waals surface area contributed by atoms with Gasteiger partial charge in [0, 0.05) is 17.7 Å². The van der Waals surface area contributed by atoms with Crippen LogP contribution in [0.3, 0.4) is 0 Å². The quantitative estimate of drug-likeness (QED) is 0.477. The molecule has 0 saturated carbocycles. The summed E-state index contributed by atoms with van der Waals surface area (Å²) < 4.78 is 6.06. The Bertz CT molecular complexity index is 584. The number of halogens is 1. The fourth-order valence-corrected chi connectivity index (χ4v) is 2.55. The molecule has 0 aliphatic heterocycles. The fourth-order valence-electron chi connectivity index (χ4n) is 1.72. The molecule has 0 radical (unpaired) electrons. The Kier molecular flexibility index (Phi) is 3.81. The molecule has 0 N–H and O–H groups in total. The van der Waals surface area contributed by atoms with Crippen molar-refractivity contribution in [2.24, 2.45) is 0 Å². The van der Waals surface area contributed by atoms with E-state index in [0.29, 0.717) is 5.75 Å². The summed E-state index contributed by atoms with van der Waals surface area (Å²) in [6, 6.07) is 12.5. The van der Waals surface area contributed by atoms with E-state index in [1.54, 1.807) is 7.11 Å². The number of non-ortho nitro benzene ring substituents is 1. The van der Waals surface area contributed by atoms with Crippen molar-refractivity contribution >= 4 is 28.3 Å². The standard InChI is InChI=1S/C13H10INO3/c1-18-13-11(9-5-3-2-4-6-9)7-10(15(16)17)8-12(13)14/h2-8H,1H3. The summed E-state index contributed by atoms with van der Waals surface area (Å²) in [6.45, 7) is 0. The first kappa shape index (κ1) is 12.8. The number of hydrogen-bond donors (Lipinski definition) is 0. The lowest BCUT2D eigenvalue weighted by Crippen LogP contribution is -1.95. The second-order valence-electron chi connectivity index (χ2n) is 3.63. The van der Waals surface area contributed by atoms with Crippen LogP contribution < -0.4 is 4.74 Å². The Morgan fingerprint density at radius 2 is 1.89 bits per heavy atom. The van der Waals surface area contributed by atoms with Crippen LogP contribution in [-0.2, 0) is 0 Å². The maximum Gasteiger partial charge on any atom is 0.271 e. The Balaban J connectivity index is 2.67. The van der Waals surface area contributed by atoms with Crippen LogP contribution in [-0.4, -0.2) is 12.0 Å². The molecule has 0 unspecified atom stereocenters. The van der Waals surface area contributed by atoms with Crippen molar-refractivity contribution in [1.82, 2.24) is 0 Å². The molecule has 18 heavy (non-hydrogen) atoms. The molecule has 0 aliphatic rings. The molecule has 0 amide bonds. The topological polar surface area (TPSA) is 52.4 Å². The molecule has 0 atom stereocenters. The molecule has 0 aromatic heterocycles. The summed E-state index contributed by atoms with van der Waals surface area (Å²) >= 11 is 2.04. The molecular formula is C13H10INO3. The zero-order valence-electron chi connectivity index (χ0n) is 9.59. The van der Waals surface area contributed by atoms with Gasteiger partial charge in [-0.05, 0) is 28.2 Å². The van der Waals surface area contributed by atoms with Gasteiger partial charge in [-0.25, -0.2) is 0 Å². The van der Waals surface area contributed by atoms with E-state index in [-0.39, 0.29) is 5.69 Å². The smallest absolute Gasteiger partial charge is 0.271 e. The fraction of sp³-hybridized carbons (Fsp3) is 0.0769. The Hall–Kier alpha value is -1.63. The molecule has 0 bridgehead atoms. The predicted molar refractivity (Wildman–Crippen MR) is 77.8 cm³/mol. The van der Waals surface area contributed by atoms with Gasteiger partial charge < -0.3 is 4.74 Å². The number of nitrogens with zero attached hydrogens (tertiary/aromatic N) is 1. The van der Waals surface area contributed by atoms with E-state index in [1.165, 1.54) is 12.1 Å². The van der Waals surface area contributed by atoms with E-state index in [2.05, 4.69) is 0 Å². The average Bonchev–Trinajstić information content (AvgIpc) is 2.38. The highest BCUT2D eigenvalue weighted by Gasteiger charge is 2.16. The van der Waals surface area contributed by atoms with Gasteiger partial charge >= 0.3 is 0 Å². The molecule has 2 rings (SSSR count). The molecule has 92 valence electrons. The normalized spacial score (nSPS) is 10.1. The van der Waals surface area contributed by atoms with Gasteiger partial charge in [-0.2, -0.15) is 0 Å². The lowest BCUT2D eigenvalue weighted by molar-refractivity contribution is -0.384. The van der Waals surface area contributed by atoms with Crippen molar-refractivity contribution < 1.29 is 9.66 Å². The van der Waals surface area contributed by atoms with Crippen LogP contribution in [0.1, 0.15) is 0 Å². The zero-order chi connectivity index (χ0) is 13.1. The lowest BCUT2D eigenvalue weighted by atomic mass is 10.0. The lowest BCUT2D eigenvalue weighted by Gasteiger charge is -2.10. The second kappa shape index (κ2) is 5.34. The van der Waals surface area contributed by atoms with Gasteiger partial charge in [-0.1, -0.05) is 30.3 Å². The zero-order valence-corrected chi connectivity index (χ0v) is 11.7. The van der Waals surface area contributed by atoms with E-state index in [4.69, 9.17) is 4.74 Å². The molecule has 4 nitrogen and oxygen atoms in total. The number of rotatable bonds is 3. The highest BCUT2D eigenvalue weighted by molar-refractivity contribution is 14.1. The van der Waals surface area contributed by atoms with Gasteiger partial charge in [-0.3, -0.25) is 10.1 Å².